The molecule has 1 nitrogen and oxygen atoms in total. The van der Waals surface area contributed by atoms with Crippen molar-refractivity contribution < 1.29 is 0 Å². The Balaban J connectivity index is 0.00000106. The number of H-pyrrole nitrogens is 1. The molecule has 0 atom stereocenters. The van der Waals surface area contributed by atoms with E-state index in [-0.39, 0.29) is 0 Å². The predicted molar refractivity (Wildman–Crippen MR) is 78.7 cm³/mol. The second-order valence-corrected chi connectivity index (χ2v) is 4.83. The van der Waals surface area contributed by atoms with Crippen LogP contribution in [0.2, 0.25) is 0 Å². The van der Waals surface area contributed by atoms with Gasteiger partial charge in [-0.25, -0.2) is 0 Å². The second-order valence-electron chi connectivity index (χ2n) is 3.15. The molecule has 1 heterocycles. The number of aromatic nitrogens is 1. The zero-order valence-corrected chi connectivity index (χ0v) is 12.2. The van der Waals surface area contributed by atoms with Gasteiger partial charge in [0.05, 0.1) is 4.88 Å². The number of hydrogen-bond donors (Lipinski definition) is 1. The molecule has 16 heavy (non-hydrogen) atoms. The van der Waals surface area contributed by atoms with E-state index in [1.807, 2.05) is 19.9 Å². The highest BCUT2D eigenvalue weighted by atomic mass is 32.1. The van der Waals surface area contributed by atoms with E-state index >= 15 is 0 Å². The van der Waals surface area contributed by atoms with Crippen LogP contribution < -0.4 is 0 Å². The molecule has 0 aliphatic heterocycles. The standard InChI is InChI=1S/C11H15NS2.C2H6/c1-4-6-9(7-5-2)10-8(3)12-11(13)14-10;1-2/h4,6H,1,5,7H2,2-3H3,(H,12,13);1-2H3/b9-6-;. The molecule has 0 amide bonds. The van der Waals surface area contributed by atoms with Crippen molar-refractivity contribution in [1.29, 1.82) is 0 Å². The number of rotatable bonds is 4. The molecule has 1 rings (SSSR count). The summed E-state index contributed by atoms with van der Waals surface area (Å²) in [6.45, 7) is 12.0. The van der Waals surface area contributed by atoms with Crippen molar-refractivity contribution in [3.8, 4) is 0 Å². The highest BCUT2D eigenvalue weighted by Crippen LogP contribution is 2.27. The van der Waals surface area contributed by atoms with E-state index in [2.05, 4.69) is 31.5 Å². The molecule has 0 unspecified atom stereocenters. The molecular formula is C13H21NS2. The largest absolute Gasteiger partial charge is 0.341 e. The fourth-order valence-corrected chi connectivity index (χ4v) is 2.69. The van der Waals surface area contributed by atoms with Gasteiger partial charge in [0.2, 0.25) is 0 Å². The minimum Gasteiger partial charge on any atom is -0.341 e. The summed E-state index contributed by atoms with van der Waals surface area (Å²) in [6.07, 6.45) is 6.14. The van der Waals surface area contributed by atoms with Crippen LogP contribution in [-0.2, 0) is 0 Å². The van der Waals surface area contributed by atoms with Crippen LogP contribution in [0.15, 0.2) is 18.7 Å². The first-order valence-corrected chi connectivity index (χ1v) is 6.93. The van der Waals surface area contributed by atoms with Crippen LogP contribution in [0, 0.1) is 10.9 Å². The van der Waals surface area contributed by atoms with E-state index in [0.29, 0.717) is 0 Å². The van der Waals surface area contributed by atoms with Crippen molar-refractivity contribution in [2.75, 3.05) is 0 Å². The minimum absolute atomic E-state index is 0.851. The minimum atomic E-state index is 0.851. The predicted octanol–water partition coefficient (Wildman–Crippen LogP) is 5.51. The zero-order valence-electron chi connectivity index (χ0n) is 10.6. The van der Waals surface area contributed by atoms with Crippen molar-refractivity contribution in [1.82, 2.24) is 4.98 Å². The second kappa shape index (κ2) is 8.48. The monoisotopic (exact) mass is 255 g/mol. The third-order valence-corrected chi connectivity index (χ3v) is 3.37. The number of aromatic amines is 1. The maximum absolute atomic E-state index is 5.12. The molecular weight excluding hydrogens is 234 g/mol. The highest BCUT2D eigenvalue weighted by Gasteiger charge is 2.06. The lowest BCUT2D eigenvalue weighted by Gasteiger charge is -2.02. The number of hydrogen-bond acceptors (Lipinski definition) is 2. The Hall–Kier alpha value is -0.670. The van der Waals surface area contributed by atoms with Gasteiger partial charge in [-0.3, -0.25) is 0 Å². The Morgan fingerprint density at radius 3 is 2.50 bits per heavy atom. The van der Waals surface area contributed by atoms with Crippen LogP contribution in [-0.4, -0.2) is 4.98 Å². The van der Waals surface area contributed by atoms with Gasteiger partial charge in [-0.2, -0.15) is 0 Å². The van der Waals surface area contributed by atoms with Crippen LogP contribution in [0.4, 0.5) is 0 Å². The number of aryl methyl sites for hydroxylation is 1. The summed E-state index contributed by atoms with van der Waals surface area (Å²) >= 11 is 6.76. The summed E-state index contributed by atoms with van der Waals surface area (Å²) in [5.41, 5.74) is 2.50. The molecule has 3 heteroatoms. The van der Waals surface area contributed by atoms with Crippen molar-refractivity contribution in [2.45, 2.75) is 40.5 Å². The molecule has 0 saturated heterocycles. The Labute approximate surface area is 108 Å². The summed E-state index contributed by atoms with van der Waals surface area (Å²) in [5.74, 6) is 0. The summed E-state index contributed by atoms with van der Waals surface area (Å²) in [5, 5.41) is 0. The van der Waals surface area contributed by atoms with Gasteiger partial charge in [-0.15, -0.1) is 11.3 Å². The van der Waals surface area contributed by atoms with Gasteiger partial charge in [0.25, 0.3) is 0 Å². The maximum Gasteiger partial charge on any atom is 0.159 e. The molecule has 0 aromatic carbocycles. The Morgan fingerprint density at radius 2 is 2.12 bits per heavy atom. The van der Waals surface area contributed by atoms with E-state index in [1.54, 1.807) is 11.3 Å². The van der Waals surface area contributed by atoms with E-state index in [9.17, 15) is 0 Å². The highest BCUT2D eigenvalue weighted by molar-refractivity contribution is 7.73. The van der Waals surface area contributed by atoms with Crippen molar-refractivity contribution in [3.63, 3.8) is 0 Å². The third-order valence-electron chi connectivity index (χ3n) is 1.95. The molecule has 0 radical (unpaired) electrons. The topological polar surface area (TPSA) is 15.8 Å². The first kappa shape index (κ1) is 15.3. The van der Waals surface area contributed by atoms with Gasteiger partial charge in [0.15, 0.2) is 3.95 Å². The maximum atomic E-state index is 5.12. The van der Waals surface area contributed by atoms with Gasteiger partial charge in [0, 0.05) is 5.69 Å². The molecule has 0 bridgehead atoms. The Bertz CT molecular complexity index is 396. The number of allylic oxidation sites excluding steroid dienone is 3. The van der Waals surface area contributed by atoms with Gasteiger partial charge in [-0.1, -0.05) is 45.9 Å². The zero-order chi connectivity index (χ0) is 12.6. The Morgan fingerprint density at radius 1 is 1.50 bits per heavy atom. The summed E-state index contributed by atoms with van der Waals surface area (Å²) in [6, 6.07) is 0. The van der Waals surface area contributed by atoms with E-state index in [1.165, 1.54) is 16.1 Å². The molecule has 0 spiro atoms. The fraction of sp³-hybridized carbons (Fsp3) is 0.462. The molecule has 1 aromatic rings. The molecule has 0 fully saturated rings. The van der Waals surface area contributed by atoms with Crippen molar-refractivity contribution in [3.05, 3.63) is 33.3 Å². The van der Waals surface area contributed by atoms with E-state index in [0.717, 1.165) is 16.8 Å². The van der Waals surface area contributed by atoms with Crippen LogP contribution >= 0.6 is 23.6 Å². The van der Waals surface area contributed by atoms with Crippen LogP contribution in [0.25, 0.3) is 5.57 Å². The molecule has 1 aromatic heterocycles. The van der Waals surface area contributed by atoms with E-state index in [4.69, 9.17) is 12.2 Å². The van der Waals surface area contributed by atoms with Gasteiger partial charge >= 0.3 is 0 Å². The normalized spacial score (nSPS) is 10.6. The third kappa shape index (κ3) is 4.45. The summed E-state index contributed by atoms with van der Waals surface area (Å²) < 4.78 is 0.851. The number of nitrogens with one attached hydrogen (secondary N) is 1. The fourth-order valence-electron chi connectivity index (χ4n) is 1.40. The van der Waals surface area contributed by atoms with Crippen LogP contribution in [0.5, 0.6) is 0 Å². The van der Waals surface area contributed by atoms with Crippen LogP contribution in [0.1, 0.15) is 44.2 Å². The lowest BCUT2D eigenvalue weighted by atomic mass is 10.1. The van der Waals surface area contributed by atoms with Crippen molar-refractivity contribution >= 4 is 29.1 Å². The Kier molecular flexibility index (Phi) is 8.12. The van der Waals surface area contributed by atoms with Gasteiger partial charge in [-0.05, 0) is 31.1 Å². The SMILES string of the molecule is C=C/C=C(/CCC)c1sc(=S)[nH]c1C.CC. The molecule has 0 aliphatic carbocycles. The smallest absolute Gasteiger partial charge is 0.159 e. The van der Waals surface area contributed by atoms with Gasteiger partial charge in [0.1, 0.15) is 0 Å². The molecule has 90 valence electrons. The molecule has 0 saturated carbocycles. The van der Waals surface area contributed by atoms with Crippen molar-refractivity contribution in [2.24, 2.45) is 0 Å². The van der Waals surface area contributed by atoms with Crippen LogP contribution in [0.3, 0.4) is 0 Å². The first-order chi connectivity index (χ1) is 7.69. The van der Waals surface area contributed by atoms with Gasteiger partial charge < -0.3 is 4.98 Å². The molecule has 1 N–H and O–H groups in total. The molecule has 0 aliphatic rings. The first-order valence-electron chi connectivity index (χ1n) is 5.70. The van der Waals surface area contributed by atoms with E-state index < -0.39 is 0 Å². The summed E-state index contributed by atoms with van der Waals surface area (Å²) in [7, 11) is 0. The average molecular weight is 255 g/mol. The summed E-state index contributed by atoms with van der Waals surface area (Å²) in [4.78, 5) is 4.44. The number of thiazole rings is 1. The average Bonchev–Trinajstić information content (AvgIpc) is 2.60. The lowest BCUT2D eigenvalue weighted by molar-refractivity contribution is 0.973. The lowest BCUT2D eigenvalue weighted by Crippen LogP contribution is -1.83. The quantitative estimate of drug-likeness (QED) is 0.554.